The van der Waals surface area contributed by atoms with Crippen LogP contribution in [0.2, 0.25) is 5.15 Å². The van der Waals surface area contributed by atoms with Crippen LogP contribution in [0, 0.1) is 25.2 Å². The predicted molar refractivity (Wildman–Crippen MR) is 52.2 cm³/mol. The van der Waals surface area contributed by atoms with Gasteiger partial charge in [-0.3, -0.25) is 0 Å². The minimum Gasteiger partial charge on any atom is -0.232 e. The second-order valence-electron chi connectivity index (χ2n) is 3.01. The third kappa shape index (κ3) is 0.994. The fourth-order valence-electron chi connectivity index (χ4n) is 1.56. The number of fused-ring (bicyclic) bond motifs is 1. The van der Waals surface area contributed by atoms with Crippen molar-refractivity contribution in [3.8, 4) is 6.07 Å². The van der Waals surface area contributed by atoms with Crippen LogP contribution in [0.15, 0.2) is 6.33 Å². The van der Waals surface area contributed by atoms with E-state index in [0.29, 0.717) is 16.2 Å². The van der Waals surface area contributed by atoms with E-state index >= 15 is 0 Å². The van der Waals surface area contributed by atoms with E-state index in [-0.39, 0.29) is 0 Å². The maximum Gasteiger partial charge on any atom is 0.156 e. The van der Waals surface area contributed by atoms with E-state index in [1.807, 2.05) is 13.8 Å². The zero-order chi connectivity index (χ0) is 10.3. The van der Waals surface area contributed by atoms with Gasteiger partial charge in [0.25, 0.3) is 0 Å². The predicted octanol–water partition coefficient (Wildman–Crippen LogP) is 1.87. The molecule has 0 saturated carbocycles. The molecule has 2 aromatic heterocycles. The van der Waals surface area contributed by atoms with Gasteiger partial charge < -0.3 is 0 Å². The zero-order valence-corrected chi connectivity index (χ0v) is 8.50. The van der Waals surface area contributed by atoms with Crippen molar-refractivity contribution in [3.05, 3.63) is 28.3 Å². The first kappa shape index (κ1) is 8.97. The molecule has 0 saturated heterocycles. The summed E-state index contributed by atoms with van der Waals surface area (Å²) in [5, 5.41) is 13.4. The molecule has 0 unspecified atom stereocenters. The molecular formula is C9H7ClN4. The van der Waals surface area contributed by atoms with Crippen molar-refractivity contribution >= 4 is 17.1 Å². The summed E-state index contributed by atoms with van der Waals surface area (Å²) in [6.07, 6.45) is 1.38. The molecule has 0 spiro atoms. The van der Waals surface area contributed by atoms with Gasteiger partial charge in [-0.2, -0.15) is 10.4 Å². The summed E-state index contributed by atoms with van der Waals surface area (Å²) in [7, 11) is 0. The standard InChI is InChI=1S/C9H7ClN4/c1-5-7(3-11)6(2)14-8(5)9(10)12-4-13-14/h4H,1-2H3. The fourth-order valence-corrected chi connectivity index (χ4v) is 1.83. The molecule has 2 rings (SSSR count). The molecular weight excluding hydrogens is 200 g/mol. The van der Waals surface area contributed by atoms with Crippen LogP contribution in [0.1, 0.15) is 16.8 Å². The van der Waals surface area contributed by atoms with Crippen molar-refractivity contribution in [2.45, 2.75) is 13.8 Å². The number of nitrogens with zero attached hydrogens (tertiary/aromatic N) is 4. The highest BCUT2D eigenvalue weighted by Crippen LogP contribution is 2.24. The summed E-state index contributed by atoms with van der Waals surface area (Å²) in [5.41, 5.74) is 2.95. The van der Waals surface area contributed by atoms with Crippen molar-refractivity contribution in [1.29, 1.82) is 5.26 Å². The lowest BCUT2D eigenvalue weighted by atomic mass is 10.2. The van der Waals surface area contributed by atoms with E-state index in [1.165, 1.54) is 6.33 Å². The molecule has 0 aromatic carbocycles. The maximum absolute atomic E-state index is 8.94. The molecule has 0 bridgehead atoms. The Kier molecular flexibility index (Phi) is 1.90. The van der Waals surface area contributed by atoms with Gasteiger partial charge in [-0.1, -0.05) is 11.6 Å². The van der Waals surface area contributed by atoms with Gasteiger partial charge in [-0.15, -0.1) is 0 Å². The SMILES string of the molecule is Cc1c(C#N)c(C)n2ncnc(Cl)c12. The van der Waals surface area contributed by atoms with Crippen LogP contribution in [0.3, 0.4) is 0 Å². The maximum atomic E-state index is 8.94. The van der Waals surface area contributed by atoms with E-state index in [4.69, 9.17) is 16.9 Å². The highest BCUT2D eigenvalue weighted by atomic mass is 35.5. The van der Waals surface area contributed by atoms with E-state index in [0.717, 1.165) is 11.3 Å². The van der Waals surface area contributed by atoms with Gasteiger partial charge in [-0.25, -0.2) is 9.50 Å². The largest absolute Gasteiger partial charge is 0.232 e. The molecule has 0 fully saturated rings. The number of halogens is 1. The van der Waals surface area contributed by atoms with Crippen LogP contribution in [-0.2, 0) is 0 Å². The van der Waals surface area contributed by atoms with Gasteiger partial charge in [0.05, 0.1) is 11.3 Å². The van der Waals surface area contributed by atoms with Crippen molar-refractivity contribution in [1.82, 2.24) is 14.6 Å². The minimum absolute atomic E-state index is 0.377. The van der Waals surface area contributed by atoms with Crippen LogP contribution in [0.25, 0.3) is 5.52 Å². The lowest BCUT2D eigenvalue weighted by Gasteiger charge is -1.96. The highest BCUT2D eigenvalue weighted by Gasteiger charge is 2.15. The van der Waals surface area contributed by atoms with Gasteiger partial charge in [0, 0.05) is 0 Å². The first-order valence-electron chi connectivity index (χ1n) is 4.05. The van der Waals surface area contributed by atoms with Gasteiger partial charge in [0.2, 0.25) is 0 Å². The van der Waals surface area contributed by atoms with Crippen LogP contribution >= 0.6 is 11.6 Å². The molecule has 2 aromatic rings. The third-order valence-electron chi connectivity index (χ3n) is 2.27. The second kappa shape index (κ2) is 2.96. The van der Waals surface area contributed by atoms with Crippen molar-refractivity contribution in [2.75, 3.05) is 0 Å². The summed E-state index contributed by atoms with van der Waals surface area (Å²) in [6, 6.07) is 2.13. The van der Waals surface area contributed by atoms with Crippen LogP contribution in [-0.4, -0.2) is 14.6 Å². The number of nitriles is 1. The van der Waals surface area contributed by atoms with Gasteiger partial charge in [0.15, 0.2) is 5.15 Å². The van der Waals surface area contributed by atoms with Gasteiger partial charge >= 0.3 is 0 Å². The van der Waals surface area contributed by atoms with Crippen molar-refractivity contribution in [2.24, 2.45) is 0 Å². The number of hydrogen-bond acceptors (Lipinski definition) is 3. The summed E-state index contributed by atoms with van der Waals surface area (Å²) >= 11 is 5.92. The zero-order valence-electron chi connectivity index (χ0n) is 7.74. The smallest absolute Gasteiger partial charge is 0.156 e. The first-order chi connectivity index (χ1) is 6.66. The normalized spacial score (nSPS) is 10.4. The molecule has 0 atom stereocenters. The summed E-state index contributed by atoms with van der Waals surface area (Å²) in [4.78, 5) is 3.88. The Morgan fingerprint density at radius 1 is 1.50 bits per heavy atom. The van der Waals surface area contributed by atoms with Crippen LogP contribution in [0.5, 0.6) is 0 Å². The molecule has 0 aliphatic carbocycles. The number of aromatic nitrogens is 3. The lowest BCUT2D eigenvalue weighted by molar-refractivity contribution is 0.869. The molecule has 70 valence electrons. The Hall–Kier alpha value is -1.60. The van der Waals surface area contributed by atoms with E-state index < -0.39 is 0 Å². The molecule has 0 aliphatic rings. The quantitative estimate of drug-likeness (QED) is 0.661. The van der Waals surface area contributed by atoms with Gasteiger partial charge in [0.1, 0.15) is 17.9 Å². The van der Waals surface area contributed by atoms with E-state index in [2.05, 4.69) is 16.2 Å². The Labute approximate surface area is 85.7 Å². The van der Waals surface area contributed by atoms with Crippen LogP contribution < -0.4 is 0 Å². The second-order valence-corrected chi connectivity index (χ2v) is 3.37. The monoisotopic (exact) mass is 206 g/mol. The number of rotatable bonds is 0. The molecule has 0 amide bonds. The molecule has 0 aliphatic heterocycles. The first-order valence-corrected chi connectivity index (χ1v) is 4.43. The Morgan fingerprint density at radius 2 is 2.21 bits per heavy atom. The summed E-state index contributed by atoms with van der Waals surface area (Å²) in [5.74, 6) is 0. The molecule has 0 N–H and O–H groups in total. The van der Waals surface area contributed by atoms with Gasteiger partial charge in [-0.05, 0) is 19.4 Å². The number of aryl methyl sites for hydroxylation is 2. The Bertz CT molecular complexity index is 550. The molecule has 4 nitrogen and oxygen atoms in total. The average Bonchev–Trinajstić information content (AvgIpc) is 2.41. The minimum atomic E-state index is 0.377. The Balaban J connectivity index is 3.04. The van der Waals surface area contributed by atoms with E-state index in [1.54, 1.807) is 4.52 Å². The molecule has 14 heavy (non-hydrogen) atoms. The van der Waals surface area contributed by atoms with E-state index in [9.17, 15) is 0 Å². The van der Waals surface area contributed by atoms with Crippen molar-refractivity contribution in [3.63, 3.8) is 0 Å². The summed E-state index contributed by atoms with van der Waals surface area (Å²) < 4.78 is 1.64. The fraction of sp³-hybridized carbons (Fsp3) is 0.222. The average molecular weight is 207 g/mol. The molecule has 0 radical (unpaired) electrons. The highest BCUT2D eigenvalue weighted by molar-refractivity contribution is 6.32. The molecule has 2 heterocycles. The van der Waals surface area contributed by atoms with Crippen molar-refractivity contribution < 1.29 is 0 Å². The molecule has 5 heteroatoms. The number of hydrogen-bond donors (Lipinski definition) is 0. The lowest BCUT2D eigenvalue weighted by Crippen LogP contribution is -1.95. The Morgan fingerprint density at radius 3 is 2.79 bits per heavy atom. The topological polar surface area (TPSA) is 54.0 Å². The van der Waals surface area contributed by atoms with Crippen LogP contribution in [0.4, 0.5) is 0 Å². The third-order valence-corrected chi connectivity index (χ3v) is 2.54. The summed E-state index contributed by atoms with van der Waals surface area (Å²) in [6.45, 7) is 3.68.